The lowest BCUT2D eigenvalue weighted by Gasteiger charge is -2.26. The minimum Gasteiger partial charge on any atom is -0.444 e. The van der Waals surface area contributed by atoms with Crippen molar-refractivity contribution in [2.45, 2.75) is 39.2 Å². The molecule has 0 saturated heterocycles. The number of carbonyl (C=O) groups is 2. The second kappa shape index (κ2) is 8.00. The number of ether oxygens (including phenoxy) is 1. The highest BCUT2D eigenvalue weighted by Gasteiger charge is 2.24. The molecule has 1 amide bonds. The Balaban J connectivity index is 1.68. The van der Waals surface area contributed by atoms with Gasteiger partial charge in [-0.2, -0.15) is 5.10 Å². The van der Waals surface area contributed by atoms with Crippen molar-refractivity contribution in [1.82, 2.24) is 14.7 Å². The Morgan fingerprint density at radius 2 is 1.82 bits per heavy atom. The van der Waals surface area contributed by atoms with Crippen LogP contribution in [0.4, 0.5) is 4.79 Å². The van der Waals surface area contributed by atoms with E-state index >= 15 is 0 Å². The minimum absolute atomic E-state index is 0.0540. The van der Waals surface area contributed by atoms with Crippen LogP contribution in [0.25, 0.3) is 6.08 Å². The molecule has 0 bridgehead atoms. The first-order chi connectivity index (χ1) is 13.2. The molecule has 2 aromatic rings. The first-order valence-electron chi connectivity index (χ1n) is 9.53. The van der Waals surface area contributed by atoms with E-state index in [4.69, 9.17) is 4.74 Å². The molecule has 0 aliphatic carbocycles. The topological polar surface area (TPSA) is 64.4 Å². The molecule has 6 heteroatoms. The van der Waals surface area contributed by atoms with E-state index in [-0.39, 0.29) is 11.9 Å². The van der Waals surface area contributed by atoms with Crippen LogP contribution in [0.5, 0.6) is 0 Å². The summed E-state index contributed by atoms with van der Waals surface area (Å²) in [5.41, 5.74) is 3.19. The van der Waals surface area contributed by atoms with Crippen LogP contribution in [-0.2, 0) is 24.6 Å². The Morgan fingerprint density at radius 3 is 2.46 bits per heavy atom. The number of allylic oxidation sites excluding steroid dienone is 1. The maximum Gasteiger partial charge on any atom is 0.410 e. The van der Waals surface area contributed by atoms with E-state index in [1.54, 1.807) is 21.7 Å². The van der Waals surface area contributed by atoms with Crippen LogP contribution in [0.15, 0.2) is 36.5 Å². The van der Waals surface area contributed by atoms with Gasteiger partial charge in [-0.1, -0.05) is 12.1 Å². The summed E-state index contributed by atoms with van der Waals surface area (Å²) < 4.78 is 7.18. The highest BCUT2D eigenvalue weighted by Crippen LogP contribution is 2.20. The first-order valence-corrected chi connectivity index (χ1v) is 9.53. The molecular formula is C22H27N3O3. The summed E-state index contributed by atoms with van der Waals surface area (Å²) in [4.78, 5) is 26.6. The van der Waals surface area contributed by atoms with E-state index in [2.05, 4.69) is 5.10 Å². The molecule has 148 valence electrons. The van der Waals surface area contributed by atoms with E-state index in [1.165, 1.54) is 5.56 Å². The van der Waals surface area contributed by atoms with Crippen LogP contribution in [0.1, 0.15) is 48.0 Å². The van der Waals surface area contributed by atoms with Crippen molar-refractivity contribution in [2.24, 2.45) is 7.05 Å². The third-order valence-electron chi connectivity index (χ3n) is 4.58. The van der Waals surface area contributed by atoms with E-state index in [0.29, 0.717) is 25.1 Å². The van der Waals surface area contributed by atoms with Crippen molar-refractivity contribution in [3.05, 3.63) is 58.9 Å². The fourth-order valence-corrected chi connectivity index (χ4v) is 3.17. The molecule has 0 atom stereocenters. The summed E-state index contributed by atoms with van der Waals surface area (Å²) >= 11 is 0. The molecule has 0 N–H and O–H groups in total. The highest BCUT2D eigenvalue weighted by molar-refractivity contribution is 6.06. The third kappa shape index (κ3) is 5.09. The SMILES string of the molecule is Cn1ccc(/C=C/C(=O)c2ccc3c(c2)CCN(C(=O)OC(C)(C)C)CC3)n1. The van der Waals surface area contributed by atoms with Gasteiger partial charge in [0.2, 0.25) is 0 Å². The van der Waals surface area contributed by atoms with Gasteiger partial charge in [-0.05, 0) is 69.0 Å². The summed E-state index contributed by atoms with van der Waals surface area (Å²) in [5.74, 6) is -0.0540. The Bertz CT molecular complexity index is 906. The molecule has 6 nitrogen and oxygen atoms in total. The Hall–Kier alpha value is -2.89. The predicted octanol–water partition coefficient (Wildman–Crippen LogP) is 3.65. The van der Waals surface area contributed by atoms with Gasteiger partial charge in [0.05, 0.1) is 5.69 Å². The van der Waals surface area contributed by atoms with Crippen molar-refractivity contribution >= 4 is 18.0 Å². The molecule has 2 heterocycles. The van der Waals surface area contributed by atoms with E-state index in [0.717, 1.165) is 17.7 Å². The van der Waals surface area contributed by atoms with Gasteiger partial charge in [-0.25, -0.2) is 4.79 Å². The van der Waals surface area contributed by atoms with E-state index < -0.39 is 5.60 Å². The molecule has 1 aromatic carbocycles. The Kier molecular flexibility index (Phi) is 5.68. The average Bonchev–Trinajstić information content (AvgIpc) is 2.91. The van der Waals surface area contributed by atoms with Gasteiger partial charge in [0, 0.05) is 31.9 Å². The lowest BCUT2D eigenvalue weighted by atomic mass is 9.98. The van der Waals surface area contributed by atoms with Crippen LogP contribution >= 0.6 is 0 Å². The van der Waals surface area contributed by atoms with Crippen molar-refractivity contribution < 1.29 is 14.3 Å². The zero-order valence-corrected chi connectivity index (χ0v) is 16.9. The third-order valence-corrected chi connectivity index (χ3v) is 4.58. The molecule has 0 saturated carbocycles. The molecule has 0 unspecified atom stereocenters. The number of carbonyl (C=O) groups excluding carboxylic acids is 2. The second-order valence-corrected chi connectivity index (χ2v) is 8.06. The number of aromatic nitrogens is 2. The fourth-order valence-electron chi connectivity index (χ4n) is 3.17. The number of aryl methyl sites for hydroxylation is 1. The lowest BCUT2D eigenvalue weighted by molar-refractivity contribution is 0.0258. The van der Waals surface area contributed by atoms with Crippen molar-refractivity contribution in [3.8, 4) is 0 Å². The van der Waals surface area contributed by atoms with E-state index in [1.807, 2.05) is 58.3 Å². The molecular weight excluding hydrogens is 354 g/mol. The molecule has 3 rings (SSSR count). The number of fused-ring (bicyclic) bond motifs is 1. The van der Waals surface area contributed by atoms with Crippen LogP contribution in [0, 0.1) is 0 Å². The van der Waals surface area contributed by atoms with Crippen molar-refractivity contribution in [3.63, 3.8) is 0 Å². The largest absolute Gasteiger partial charge is 0.444 e. The highest BCUT2D eigenvalue weighted by atomic mass is 16.6. The maximum absolute atomic E-state index is 12.5. The van der Waals surface area contributed by atoms with Crippen LogP contribution in [0.2, 0.25) is 0 Å². The normalized spacial score (nSPS) is 14.6. The standard InChI is InChI=1S/C22H27N3O3/c1-22(2,3)28-21(27)25-13-9-16-5-6-18(15-17(16)10-14-25)20(26)8-7-19-11-12-24(4)23-19/h5-8,11-12,15H,9-10,13-14H2,1-4H3/b8-7+. The zero-order valence-electron chi connectivity index (χ0n) is 16.9. The number of ketones is 1. The molecule has 28 heavy (non-hydrogen) atoms. The number of amides is 1. The number of hydrogen-bond donors (Lipinski definition) is 0. The summed E-state index contributed by atoms with van der Waals surface area (Å²) in [5, 5.41) is 4.24. The van der Waals surface area contributed by atoms with Gasteiger partial charge in [0.1, 0.15) is 5.60 Å². The Labute approximate surface area is 165 Å². The van der Waals surface area contributed by atoms with Crippen LogP contribution < -0.4 is 0 Å². The summed E-state index contributed by atoms with van der Waals surface area (Å²) in [7, 11) is 1.84. The lowest BCUT2D eigenvalue weighted by Crippen LogP contribution is -2.38. The van der Waals surface area contributed by atoms with Crippen molar-refractivity contribution in [2.75, 3.05) is 13.1 Å². The van der Waals surface area contributed by atoms with Gasteiger partial charge in [0.25, 0.3) is 0 Å². The number of nitrogens with zero attached hydrogens (tertiary/aromatic N) is 3. The number of benzene rings is 1. The van der Waals surface area contributed by atoms with Gasteiger partial charge in [-0.3, -0.25) is 9.48 Å². The molecule has 0 radical (unpaired) electrons. The minimum atomic E-state index is -0.504. The maximum atomic E-state index is 12.5. The Morgan fingerprint density at radius 1 is 1.11 bits per heavy atom. The van der Waals surface area contributed by atoms with E-state index in [9.17, 15) is 9.59 Å². The average molecular weight is 381 g/mol. The number of rotatable bonds is 3. The molecule has 1 aliphatic heterocycles. The van der Waals surface area contributed by atoms with Gasteiger partial charge in [-0.15, -0.1) is 0 Å². The summed E-state index contributed by atoms with van der Waals surface area (Å²) in [6.45, 7) is 6.81. The quantitative estimate of drug-likeness (QED) is 0.601. The molecule has 0 spiro atoms. The molecule has 1 aromatic heterocycles. The van der Waals surface area contributed by atoms with Gasteiger partial charge < -0.3 is 9.64 Å². The first kappa shape index (κ1) is 19.9. The number of hydrogen-bond acceptors (Lipinski definition) is 4. The smallest absolute Gasteiger partial charge is 0.410 e. The predicted molar refractivity (Wildman–Crippen MR) is 108 cm³/mol. The second-order valence-electron chi connectivity index (χ2n) is 8.06. The van der Waals surface area contributed by atoms with Crippen LogP contribution in [-0.4, -0.2) is 45.2 Å². The zero-order chi connectivity index (χ0) is 20.3. The van der Waals surface area contributed by atoms with Crippen molar-refractivity contribution in [1.29, 1.82) is 0 Å². The fraction of sp³-hybridized carbons (Fsp3) is 0.409. The van der Waals surface area contributed by atoms with Crippen LogP contribution in [0.3, 0.4) is 0 Å². The molecule has 1 aliphatic rings. The summed E-state index contributed by atoms with van der Waals surface area (Å²) in [6.07, 6.45) is 6.29. The van der Waals surface area contributed by atoms with Gasteiger partial charge >= 0.3 is 6.09 Å². The summed E-state index contributed by atoms with van der Waals surface area (Å²) in [6, 6.07) is 7.65. The van der Waals surface area contributed by atoms with Gasteiger partial charge in [0.15, 0.2) is 5.78 Å². The molecule has 0 fully saturated rings. The monoisotopic (exact) mass is 381 g/mol.